The van der Waals surface area contributed by atoms with Gasteiger partial charge in [-0.25, -0.2) is 9.97 Å². The highest BCUT2D eigenvalue weighted by molar-refractivity contribution is 6.17. The van der Waals surface area contributed by atoms with Crippen LogP contribution in [0.5, 0.6) is 0 Å². The summed E-state index contributed by atoms with van der Waals surface area (Å²) < 4.78 is 36.6. The van der Waals surface area contributed by atoms with Crippen LogP contribution >= 0.6 is 11.6 Å². The van der Waals surface area contributed by atoms with E-state index in [-0.39, 0.29) is 18.3 Å². The number of hydrogen-bond donors (Lipinski definition) is 0. The lowest BCUT2D eigenvalue weighted by Gasteiger charge is -2.22. The van der Waals surface area contributed by atoms with Gasteiger partial charge in [0.05, 0.1) is 29.9 Å². The molecule has 0 fully saturated rings. The molecule has 108 valence electrons. The SMILES string of the molecule is CC(C)c1ncc(N(C)CCC(F)(F)F)c(CCl)n1. The number of nitrogens with zero attached hydrogens (tertiary/aromatic N) is 3. The van der Waals surface area contributed by atoms with E-state index < -0.39 is 12.6 Å². The Hall–Kier alpha value is -1.04. The Balaban J connectivity index is 2.87. The molecule has 0 radical (unpaired) electrons. The highest BCUT2D eigenvalue weighted by atomic mass is 35.5. The zero-order valence-electron chi connectivity index (χ0n) is 11.1. The van der Waals surface area contributed by atoms with Crippen LogP contribution < -0.4 is 4.90 Å². The topological polar surface area (TPSA) is 29.0 Å². The predicted octanol–water partition coefficient (Wildman–Crippen LogP) is 3.73. The number of alkyl halides is 4. The van der Waals surface area contributed by atoms with Gasteiger partial charge in [0, 0.05) is 19.5 Å². The van der Waals surface area contributed by atoms with Crippen molar-refractivity contribution in [2.24, 2.45) is 0 Å². The monoisotopic (exact) mass is 295 g/mol. The molecule has 1 aromatic heterocycles. The molecule has 1 heterocycles. The van der Waals surface area contributed by atoms with Gasteiger partial charge in [-0.05, 0) is 0 Å². The maximum atomic E-state index is 12.2. The van der Waals surface area contributed by atoms with E-state index in [2.05, 4.69) is 9.97 Å². The van der Waals surface area contributed by atoms with E-state index in [9.17, 15) is 13.2 Å². The van der Waals surface area contributed by atoms with Crippen LogP contribution in [0, 0.1) is 0 Å². The van der Waals surface area contributed by atoms with Crippen molar-refractivity contribution < 1.29 is 13.2 Å². The van der Waals surface area contributed by atoms with Crippen LogP contribution in [-0.4, -0.2) is 29.7 Å². The summed E-state index contributed by atoms with van der Waals surface area (Å²) >= 11 is 5.80. The second-order valence-electron chi connectivity index (χ2n) is 4.64. The average Bonchev–Trinajstić information content (AvgIpc) is 2.34. The fraction of sp³-hybridized carbons (Fsp3) is 0.667. The molecule has 1 rings (SSSR count). The lowest BCUT2D eigenvalue weighted by molar-refractivity contribution is -0.132. The van der Waals surface area contributed by atoms with Crippen LogP contribution in [0.25, 0.3) is 0 Å². The van der Waals surface area contributed by atoms with E-state index >= 15 is 0 Å². The maximum absolute atomic E-state index is 12.2. The van der Waals surface area contributed by atoms with Crippen LogP contribution in [0.15, 0.2) is 6.20 Å². The summed E-state index contributed by atoms with van der Waals surface area (Å²) in [5.41, 5.74) is 1.11. The van der Waals surface area contributed by atoms with Crippen LogP contribution in [0.1, 0.15) is 37.7 Å². The van der Waals surface area contributed by atoms with Gasteiger partial charge in [-0.2, -0.15) is 13.2 Å². The fourth-order valence-corrected chi connectivity index (χ4v) is 1.73. The van der Waals surface area contributed by atoms with Gasteiger partial charge in [0.25, 0.3) is 0 Å². The van der Waals surface area contributed by atoms with Crippen molar-refractivity contribution in [1.29, 1.82) is 0 Å². The number of anilines is 1. The molecular weight excluding hydrogens is 279 g/mol. The van der Waals surface area contributed by atoms with E-state index in [1.165, 1.54) is 11.1 Å². The molecule has 19 heavy (non-hydrogen) atoms. The second-order valence-corrected chi connectivity index (χ2v) is 4.90. The van der Waals surface area contributed by atoms with Gasteiger partial charge in [-0.15, -0.1) is 11.6 Å². The van der Waals surface area contributed by atoms with Gasteiger partial charge in [0.1, 0.15) is 5.82 Å². The molecule has 0 atom stereocenters. The molecule has 0 saturated heterocycles. The Bertz CT molecular complexity index is 421. The lowest BCUT2D eigenvalue weighted by atomic mass is 10.2. The van der Waals surface area contributed by atoms with Crippen LogP contribution in [-0.2, 0) is 5.88 Å². The molecule has 0 aliphatic heterocycles. The van der Waals surface area contributed by atoms with Crippen molar-refractivity contribution in [3.63, 3.8) is 0 Å². The van der Waals surface area contributed by atoms with Gasteiger partial charge >= 0.3 is 6.18 Å². The normalized spacial score (nSPS) is 12.0. The Morgan fingerprint density at radius 1 is 1.37 bits per heavy atom. The summed E-state index contributed by atoms with van der Waals surface area (Å²) in [6.45, 7) is 3.75. The molecular formula is C12H17ClF3N3. The molecule has 3 nitrogen and oxygen atoms in total. The first kappa shape index (κ1) is 16.0. The van der Waals surface area contributed by atoms with Crippen molar-refractivity contribution in [2.45, 2.75) is 38.2 Å². The Kier molecular flexibility index (Phi) is 5.40. The van der Waals surface area contributed by atoms with E-state index in [4.69, 9.17) is 11.6 Å². The van der Waals surface area contributed by atoms with E-state index in [1.807, 2.05) is 13.8 Å². The first-order valence-corrected chi connectivity index (χ1v) is 6.47. The zero-order chi connectivity index (χ0) is 14.6. The zero-order valence-corrected chi connectivity index (χ0v) is 11.9. The Labute approximate surface area is 115 Å². The van der Waals surface area contributed by atoms with E-state index in [0.29, 0.717) is 17.2 Å². The van der Waals surface area contributed by atoms with Crippen molar-refractivity contribution >= 4 is 17.3 Å². The summed E-state index contributed by atoms with van der Waals surface area (Å²) in [5, 5.41) is 0. The Morgan fingerprint density at radius 2 is 2.00 bits per heavy atom. The number of hydrogen-bond acceptors (Lipinski definition) is 3. The van der Waals surface area contributed by atoms with Crippen LogP contribution in [0.3, 0.4) is 0 Å². The minimum absolute atomic E-state index is 0.141. The standard InChI is InChI=1S/C12H17ClF3N3/c1-8(2)11-17-7-10(9(6-13)18-11)19(3)5-4-12(14,15)16/h7-8H,4-6H2,1-3H3. The molecule has 0 unspecified atom stereocenters. The largest absolute Gasteiger partial charge is 0.390 e. The first-order valence-electron chi connectivity index (χ1n) is 5.94. The maximum Gasteiger partial charge on any atom is 0.390 e. The smallest absolute Gasteiger partial charge is 0.371 e. The molecule has 7 heteroatoms. The second kappa shape index (κ2) is 6.41. The molecule has 0 aliphatic carbocycles. The minimum atomic E-state index is -4.17. The van der Waals surface area contributed by atoms with Gasteiger partial charge < -0.3 is 4.90 Å². The predicted molar refractivity (Wildman–Crippen MR) is 69.6 cm³/mol. The third kappa shape index (κ3) is 4.86. The van der Waals surface area contributed by atoms with Crippen molar-refractivity contribution in [1.82, 2.24) is 9.97 Å². The van der Waals surface area contributed by atoms with Crippen molar-refractivity contribution in [3.05, 3.63) is 17.7 Å². The van der Waals surface area contributed by atoms with Crippen molar-refractivity contribution in [2.75, 3.05) is 18.5 Å². The molecule has 0 aliphatic rings. The molecule has 0 saturated carbocycles. The fourth-order valence-electron chi connectivity index (χ4n) is 1.54. The Morgan fingerprint density at radius 3 is 2.47 bits per heavy atom. The van der Waals surface area contributed by atoms with Crippen molar-refractivity contribution in [3.8, 4) is 0 Å². The van der Waals surface area contributed by atoms with Gasteiger partial charge in [0.2, 0.25) is 0 Å². The lowest BCUT2D eigenvalue weighted by Crippen LogP contribution is -2.25. The number of aromatic nitrogens is 2. The van der Waals surface area contributed by atoms with E-state index in [1.54, 1.807) is 7.05 Å². The number of rotatable bonds is 5. The summed E-state index contributed by atoms with van der Waals surface area (Å²) in [6.07, 6.45) is -3.51. The molecule has 1 aromatic rings. The van der Waals surface area contributed by atoms with Gasteiger partial charge in [-0.1, -0.05) is 13.8 Å². The average molecular weight is 296 g/mol. The third-order valence-electron chi connectivity index (χ3n) is 2.65. The van der Waals surface area contributed by atoms with Gasteiger partial charge in [-0.3, -0.25) is 0 Å². The molecule has 0 N–H and O–H groups in total. The molecule has 0 aromatic carbocycles. The highest BCUT2D eigenvalue weighted by Gasteiger charge is 2.27. The summed E-state index contributed by atoms with van der Waals surface area (Å²) in [6, 6.07) is 0. The summed E-state index contributed by atoms with van der Waals surface area (Å²) in [7, 11) is 1.58. The summed E-state index contributed by atoms with van der Waals surface area (Å²) in [4.78, 5) is 9.93. The summed E-state index contributed by atoms with van der Waals surface area (Å²) in [5.74, 6) is 0.939. The molecule has 0 spiro atoms. The van der Waals surface area contributed by atoms with Gasteiger partial charge in [0.15, 0.2) is 0 Å². The highest BCUT2D eigenvalue weighted by Crippen LogP contribution is 2.24. The third-order valence-corrected chi connectivity index (χ3v) is 2.90. The quantitative estimate of drug-likeness (QED) is 0.775. The number of halogens is 4. The van der Waals surface area contributed by atoms with E-state index in [0.717, 1.165) is 0 Å². The van der Waals surface area contributed by atoms with Crippen LogP contribution in [0.4, 0.5) is 18.9 Å². The molecule has 0 bridgehead atoms. The molecule has 0 amide bonds. The van der Waals surface area contributed by atoms with Crippen LogP contribution in [0.2, 0.25) is 0 Å². The minimum Gasteiger partial charge on any atom is -0.371 e. The first-order chi connectivity index (χ1) is 8.74.